The van der Waals surface area contributed by atoms with Gasteiger partial charge in [-0.2, -0.15) is 0 Å². The zero-order valence-electron chi connectivity index (χ0n) is 14.7. The molecule has 0 aliphatic rings. The predicted octanol–water partition coefficient (Wildman–Crippen LogP) is 2.02. The fraction of sp³-hybridized carbons (Fsp3) is 0.500. The third-order valence-corrected chi connectivity index (χ3v) is 3.58. The van der Waals surface area contributed by atoms with Crippen molar-refractivity contribution < 1.29 is 23.5 Å². The number of amides is 2. The first-order valence-electron chi connectivity index (χ1n) is 8.27. The molecule has 0 heterocycles. The first-order valence-corrected chi connectivity index (χ1v) is 8.27. The predicted molar refractivity (Wildman–Crippen MR) is 91.0 cm³/mol. The summed E-state index contributed by atoms with van der Waals surface area (Å²) in [7, 11) is 1.53. The highest BCUT2D eigenvalue weighted by Gasteiger charge is 2.13. The van der Waals surface area contributed by atoms with E-state index in [1.807, 2.05) is 0 Å². The van der Waals surface area contributed by atoms with Crippen LogP contribution in [0.3, 0.4) is 0 Å². The van der Waals surface area contributed by atoms with Gasteiger partial charge in [0.25, 0.3) is 5.91 Å². The summed E-state index contributed by atoms with van der Waals surface area (Å²) in [5, 5.41) is 2.68. The zero-order chi connectivity index (χ0) is 18.7. The van der Waals surface area contributed by atoms with Crippen molar-refractivity contribution in [3.05, 3.63) is 35.6 Å². The summed E-state index contributed by atoms with van der Waals surface area (Å²) in [4.78, 5) is 35.5. The molecule has 138 valence electrons. The molecule has 1 aromatic rings. The fourth-order valence-corrected chi connectivity index (χ4v) is 2.13. The van der Waals surface area contributed by atoms with E-state index in [-0.39, 0.29) is 37.2 Å². The minimum absolute atomic E-state index is 0.0718. The zero-order valence-corrected chi connectivity index (χ0v) is 14.7. The summed E-state index contributed by atoms with van der Waals surface area (Å²) in [6.07, 6.45) is 2.44. The number of hydrogen-bond donors (Lipinski definition) is 1. The van der Waals surface area contributed by atoms with Gasteiger partial charge in [-0.05, 0) is 18.9 Å². The van der Waals surface area contributed by atoms with E-state index in [9.17, 15) is 18.8 Å². The van der Waals surface area contributed by atoms with Crippen molar-refractivity contribution in [2.45, 2.75) is 39.2 Å². The number of carbonyl (C=O) groups excluding carboxylic acids is 3. The summed E-state index contributed by atoms with van der Waals surface area (Å²) in [5.74, 6) is -1.27. The quantitative estimate of drug-likeness (QED) is 0.516. The minimum atomic E-state index is -0.438. The molecule has 0 atom stereocenters. The largest absolute Gasteiger partial charge is 0.456 e. The van der Waals surface area contributed by atoms with Gasteiger partial charge in [-0.25, -0.2) is 4.39 Å². The highest BCUT2D eigenvalue weighted by molar-refractivity contribution is 5.80. The molecule has 0 radical (unpaired) electrons. The van der Waals surface area contributed by atoms with Crippen molar-refractivity contribution in [3.63, 3.8) is 0 Å². The molecule has 0 aliphatic carbocycles. The van der Waals surface area contributed by atoms with Gasteiger partial charge in [0.1, 0.15) is 5.82 Å². The Morgan fingerprint density at radius 3 is 2.56 bits per heavy atom. The lowest BCUT2D eigenvalue weighted by Crippen LogP contribution is -2.31. The molecule has 0 bridgehead atoms. The topological polar surface area (TPSA) is 75.7 Å². The SMILES string of the molecule is CC(=O)NCCCCCC(=O)OCC(=O)N(C)Cc1ccccc1F. The van der Waals surface area contributed by atoms with Crippen molar-refractivity contribution in [3.8, 4) is 0 Å². The molecule has 0 saturated heterocycles. The molecular formula is C18H25FN2O4. The van der Waals surface area contributed by atoms with Crippen LogP contribution in [-0.4, -0.2) is 42.9 Å². The van der Waals surface area contributed by atoms with E-state index < -0.39 is 5.97 Å². The van der Waals surface area contributed by atoms with Crippen LogP contribution in [0.25, 0.3) is 0 Å². The molecule has 0 aromatic heterocycles. The van der Waals surface area contributed by atoms with Gasteiger partial charge in [0.15, 0.2) is 6.61 Å². The van der Waals surface area contributed by atoms with Gasteiger partial charge >= 0.3 is 5.97 Å². The molecule has 0 spiro atoms. The Bertz CT molecular complexity index is 592. The van der Waals surface area contributed by atoms with E-state index in [1.165, 1.54) is 24.9 Å². The van der Waals surface area contributed by atoms with Crippen LogP contribution in [0.15, 0.2) is 24.3 Å². The molecule has 6 nitrogen and oxygen atoms in total. The first kappa shape index (κ1) is 20.6. The van der Waals surface area contributed by atoms with E-state index in [1.54, 1.807) is 18.2 Å². The number of esters is 1. The summed E-state index contributed by atoms with van der Waals surface area (Å²) < 4.78 is 18.5. The molecule has 0 unspecified atom stereocenters. The second-order valence-electron chi connectivity index (χ2n) is 5.80. The third-order valence-electron chi connectivity index (χ3n) is 3.58. The molecule has 1 aromatic carbocycles. The lowest BCUT2D eigenvalue weighted by Gasteiger charge is -2.17. The Hall–Kier alpha value is -2.44. The Labute approximate surface area is 147 Å². The van der Waals surface area contributed by atoms with Crippen LogP contribution in [0.5, 0.6) is 0 Å². The van der Waals surface area contributed by atoms with Gasteiger partial charge < -0.3 is 15.0 Å². The maximum absolute atomic E-state index is 13.6. The maximum atomic E-state index is 13.6. The Morgan fingerprint density at radius 1 is 1.16 bits per heavy atom. The number of likely N-dealkylation sites (N-methyl/N-ethyl adjacent to an activating group) is 1. The summed E-state index contributed by atoms with van der Waals surface area (Å²) in [6.45, 7) is 1.81. The van der Waals surface area contributed by atoms with Gasteiger partial charge in [-0.15, -0.1) is 0 Å². The van der Waals surface area contributed by atoms with Gasteiger partial charge in [0, 0.05) is 39.0 Å². The molecule has 1 rings (SSSR count). The number of ether oxygens (including phenoxy) is 1. The Balaban J connectivity index is 2.19. The van der Waals surface area contributed by atoms with Crippen LogP contribution in [0.4, 0.5) is 4.39 Å². The van der Waals surface area contributed by atoms with Crippen molar-refractivity contribution in [2.75, 3.05) is 20.2 Å². The molecule has 0 aliphatic heterocycles. The van der Waals surface area contributed by atoms with E-state index in [2.05, 4.69) is 5.32 Å². The summed E-state index contributed by atoms with van der Waals surface area (Å²) >= 11 is 0. The third kappa shape index (κ3) is 8.83. The number of rotatable bonds is 10. The summed E-state index contributed by atoms with van der Waals surface area (Å²) in [5.41, 5.74) is 0.406. The van der Waals surface area contributed by atoms with Gasteiger partial charge in [-0.1, -0.05) is 24.6 Å². The molecular weight excluding hydrogens is 327 g/mol. The summed E-state index contributed by atoms with van der Waals surface area (Å²) in [6, 6.07) is 6.22. The Kier molecular flexibility index (Phi) is 9.21. The highest BCUT2D eigenvalue weighted by atomic mass is 19.1. The lowest BCUT2D eigenvalue weighted by molar-refractivity contribution is -0.151. The smallest absolute Gasteiger partial charge is 0.306 e. The van der Waals surface area contributed by atoms with Crippen LogP contribution >= 0.6 is 0 Å². The van der Waals surface area contributed by atoms with Gasteiger partial charge in [0.05, 0.1) is 0 Å². The van der Waals surface area contributed by atoms with Crippen LogP contribution in [0.2, 0.25) is 0 Å². The second kappa shape index (κ2) is 11.2. The van der Waals surface area contributed by atoms with Crippen molar-refractivity contribution in [2.24, 2.45) is 0 Å². The van der Waals surface area contributed by atoms with E-state index in [0.717, 1.165) is 12.8 Å². The maximum Gasteiger partial charge on any atom is 0.306 e. The number of halogens is 1. The number of nitrogens with zero attached hydrogens (tertiary/aromatic N) is 1. The fourth-order valence-electron chi connectivity index (χ4n) is 2.13. The number of nitrogens with one attached hydrogen (secondary N) is 1. The number of benzene rings is 1. The number of carbonyl (C=O) groups is 3. The van der Waals surface area contributed by atoms with Crippen molar-refractivity contribution in [1.29, 1.82) is 0 Å². The van der Waals surface area contributed by atoms with Crippen molar-refractivity contribution >= 4 is 17.8 Å². The van der Waals surface area contributed by atoms with Crippen molar-refractivity contribution in [1.82, 2.24) is 10.2 Å². The Morgan fingerprint density at radius 2 is 1.88 bits per heavy atom. The molecule has 0 fully saturated rings. The first-order chi connectivity index (χ1) is 11.9. The van der Waals surface area contributed by atoms with E-state index in [0.29, 0.717) is 18.5 Å². The molecule has 1 N–H and O–H groups in total. The van der Waals surface area contributed by atoms with Crippen LogP contribution in [0, 0.1) is 5.82 Å². The normalized spacial score (nSPS) is 10.2. The van der Waals surface area contributed by atoms with Gasteiger partial charge in [-0.3, -0.25) is 14.4 Å². The molecule has 25 heavy (non-hydrogen) atoms. The van der Waals surface area contributed by atoms with Crippen LogP contribution in [0.1, 0.15) is 38.2 Å². The molecule has 0 saturated carbocycles. The molecule has 2 amide bonds. The second-order valence-corrected chi connectivity index (χ2v) is 5.80. The standard InChI is InChI=1S/C18H25FN2O4/c1-14(22)20-11-7-3-4-10-18(24)25-13-17(23)21(2)12-15-8-5-6-9-16(15)19/h5-6,8-9H,3-4,7,10-13H2,1-2H3,(H,20,22). The average molecular weight is 352 g/mol. The van der Waals surface area contributed by atoms with Gasteiger partial charge in [0.2, 0.25) is 5.91 Å². The monoisotopic (exact) mass is 352 g/mol. The lowest BCUT2D eigenvalue weighted by atomic mass is 10.2. The van der Waals surface area contributed by atoms with E-state index >= 15 is 0 Å². The highest BCUT2D eigenvalue weighted by Crippen LogP contribution is 2.09. The number of unbranched alkanes of at least 4 members (excludes halogenated alkanes) is 2. The minimum Gasteiger partial charge on any atom is -0.456 e. The average Bonchev–Trinajstić information content (AvgIpc) is 2.57. The van der Waals surface area contributed by atoms with E-state index in [4.69, 9.17) is 4.74 Å². The molecule has 7 heteroatoms. The van der Waals surface area contributed by atoms with Crippen LogP contribution < -0.4 is 5.32 Å². The van der Waals surface area contributed by atoms with Crippen LogP contribution in [-0.2, 0) is 25.7 Å². The number of hydrogen-bond acceptors (Lipinski definition) is 4.